The summed E-state index contributed by atoms with van der Waals surface area (Å²) in [6.45, 7) is 1.36. The van der Waals surface area contributed by atoms with E-state index < -0.39 is 23.1 Å². The van der Waals surface area contributed by atoms with Crippen LogP contribution in [0, 0.1) is 58.7 Å². The van der Waals surface area contributed by atoms with E-state index in [0.717, 1.165) is 6.42 Å². The topological polar surface area (TPSA) is 76.4 Å². The first-order chi connectivity index (χ1) is 9.58. The predicted molar refractivity (Wildman–Crippen MR) is 61.5 cm³/mol. The minimum absolute atomic E-state index is 0.0438. The summed E-state index contributed by atoms with van der Waals surface area (Å²) in [5, 5.41) is 9.71. The Kier molecular flexibility index (Phi) is 1.22. The molecule has 7 rings (SSSR count). The van der Waals surface area contributed by atoms with Gasteiger partial charge in [0.25, 0.3) is 0 Å². The summed E-state index contributed by atoms with van der Waals surface area (Å²) in [4.78, 5) is 24.2. The number of hydrogen-bond donors (Lipinski definition) is 0. The molecule has 20 heavy (non-hydrogen) atoms. The number of nitrogens with zero attached hydrogens (tertiary/aromatic N) is 1. The van der Waals surface area contributed by atoms with Gasteiger partial charge in [0, 0.05) is 30.6 Å². The van der Waals surface area contributed by atoms with E-state index in [1.165, 1.54) is 6.92 Å². The van der Waals surface area contributed by atoms with E-state index in [0.29, 0.717) is 23.7 Å². The predicted octanol–water partition coefficient (Wildman–Crippen LogP) is 0.495. The summed E-state index contributed by atoms with van der Waals surface area (Å²) in [6, 6.07) is 2.36. The first-order valence-electron chi connectivity index (χ1n) is 7.42. The molecule has 0 amide bonds. The van der Waals surface area contributed by atoms with E-state index in [-0.39, 0.29) is 23.7 Å². The van der Waals surface area contributed by atoms with Gasteiger partial charge in [0.15, 0.2) is 0 Å². The van der Waals surface area contributed by atoms with Crippen molar-refractivity contribution < 1.29 is 19.1 Å². The third-order valence-electron chi connectivity index (χ3n) is 7.55. The molecule has 5 saturated carbocycles. The number of carbonyl (C=O) groups excluding carboxylic acids is 2. The molecule has 0 aromatic heterocycles. The molecule has 2 heterocycles. The zero-order valence-corrected chi connectivity index (χ0v) is 10.9. The van der Waals surface area contributed by atoms with Gasteiger partial charge in [-0.25, -0.2) is 4.79 Å². The van der Waals surface area contributed by atoms with Crippen LogP contribution in [-0.2, 0) is 19.1 Å². The molecule has 0 spiro atoms. The highest BCUT2D eigenvalue weighted by molar-refractivity contribution is 5.89. The molecular weight excluding hydrogens is 258 g/mol. The standard InChI is InChI=1S/C15H13NO4/c1-4(17)19-15-10-6-2-5-7-8(6)12(15)11(7)14(3-16,9(5)10)20-13(15)18/h5-12H,2H2,1H3/t5-,6-,7+,8+,9+,10-,11+,12-,14-,15+/m0/s1. The van der Waals surface area contributed by atoms with Crippen molar-refractivity contribution in [3.05, 3.63) is 0 Å². The lowest BCUT2D eigenvalue weighted by atomic mass is 9.50. The molecule has 7 fully saturated rings. The van der Waals surface area contributed by atoms with Crippen LogP contribution in [0.3, 0.4) is 0 Å². The number of hydrogen-bond acceptors (Lipinski definition) is 5. The van der Waals surface area contributed by atoms with Gasteiger partial charge in [-0.3, -0.25) is 4.79 Å². The van der Waals surface area contributed by atoms with Crippen molar-refractivity contribution in [3.8, 4) is 6.07 Å². The maximum absolute atomic E-state index is 12.6. The lowest BCUT2D eigenvalue weighted by Crippen LogP contribution is -2.74. The molecule has 0 radical (unpaired) electrons. The fourth-order valence-corrected chi connectivity index (χ4v) is 7.80. The second-order valence-electron chi connectivity index (χ2n) is 7.50. The lowest BCUT2D eigenvalue weighted by Gasteiger charge is -2.60. The maximum Gasteiger partial charge on any atom is 0.352 e. The van der Waals surface area contributed by atoms with Crippen LogP contribution in [0.1, 0.15) is 13.3 Å². The molecule has 102 valence electrons. The van der Waals surface area contributed by atoms with Gasteiger partial charge in [-0.2, -0.15) is 5.26 Å². The van der Waals surface area contributed by atoms with Gasteiger partial charge in [0.1, 0.15) is 6.07 Å². The Balaban J connectivity index is 1.66. The number of carbonyl (C=O) groups is 2. The van der Waals surface area contributed by atoms with E-state index in [9.17, 15) is 14.9 Å². The molecule has 4 bridgehead atoms. The summed E-state index contributed by atoms with van der Waals surface area (Å²) >= 11 is 0. The first kappa shape index (κ1) is 10.2. The Labute approximate surface area is 115 Å². The molecule has 5 aliphatic carbocycles. The second kappa shape index (κ2) is 2.38. The summed E-state index contributed by atoms with van der Waals surface area (Å²) in [5.74, 6) is 1.50. The Bertz CT molecular complexity index is 667. The van der Waals surface area contributed by atoms with Crippen molar-refractivity contribution in [2.45, 2.75) is 24.5 Å². The van der Waals surface area contributed by atoms with Crippen LogP contribution < -0.4 is 0 Å². The highest BCUT2D eigenvalue weighted by Crippen LogP contribution is 2.90. The number of nitriles is 1. The SMILES string of the molecule is CC(=O)O[C@@]12C(=O)O[C@@]3(C#N)[C@@H]4[C@H]5C[C@@H]([C@@H]6[C@@H]5[C@@H]3[C@H]61)[C@@H]42. The molecule has 2 aliphatic heterocycles. The average Bonchev–Trinajstić information content (AvgIpc) is 2.89. The van der Waals surface area contributed by atoms with Crippen LogP contribution in [0.2, 0.25) is 0 Å². The minimum Gasteiger partial charge on any atom is -0.447 e. The summed E-state index contributed by atoms with van der Waals surface area (Å²) < 4.78 is 11.3. The van der Waals surface area contributed by atoms with Crippen molar-refractivity contribution >= 4 is 11.9 Å². The van der Waals surface area contributed by atoms with Crippen molar-refractivity contribution in [1.82, 2.24) is 0 Å². The van der Waals surface area contributed by atoms with Gasteiger partial charge in [-0.15, -0.1) is 0 Å². The van der Waals surface area contributed by atoms with E-state index in [2.05, 4.69) is 6.07 Å². The molecule has 0 aromatic carbocycles. The van der Waals surface area contributed by atoms with E-state index in [4.69, 9.17) is 9.47 Å². The summed E-state index contributed by atoms with van der Waals surface area (Å²) in [7, 11) is 0. The van der Waals surface area contributed by atoms with Crippen LogP contribution in [0.4, 0.5) is 0 Å². The molecule has 5 heteroatoms. The zero-order valence-electron chi connectivity index (χ0n) is 10.9. The normalized spacial score (nSPS) is 68.1. The van der Waals surface area contributed by atoms with E-state index >= 15 is 0 Å². The average molecular weight is 271 g/mol. The number of ether oxygens (including phenoxy) is 2. The molecule has 0 aromatic rings. The highest BCUT2D eigenvalue weighted by Gasteiger charge is 2.97. The number of rotatable bonds is 1. The van der Waals surface area contributed by atoms with Crippen molar-refractivity contribution in [3.63, 3.8) is 0 Å². The van der Waals surface area contributed by atoms with Crippen molar-refractivity contribution in [2.24, 2.45) is 47.3 Å². The Morgan fingerprint density at radius 3 is 2.70 bits per heavy atom. The molecule has 2 saturated heterocycles. The highest BCUT2D eigenvalue weighted by atomic mass is 16.6. The molecule has 0 N–H and O–H groups in total. The van der Waals surface area contributed by atoms with Crippen molar-refractivity contribution in [2.75, 3.05) is 0 Å². The second-order valence-corrected chi connectivity index (χ2v) is 7.50. The summed E-state index contributed by atoms with van der Waals surface area (Å²) in [5.41, 5.74) is -1.94. The quantitative estimate of drug-likeness (QED) is 0.649. The smallest absolute Gasteiger partial charge is 0.352 e. The molecular formula is C15H13NO4. The van der Waals surface area contributed by atoms with Crippen molar-refractivity contribution in [1.29, 1.82) is 5.26 Å². The van der Waals surface area contributed by atoms with Crippen LogP contribution in [0.15, 0.2) is 0 Å². The van der Waals surface area contributed by atoms with Crippen LogP contribution in [0.25, 0.3) is 0 Å². The van der Waals surface area contributed by atoms with Crippen LogP contribution in [-0.4, -0.2) is 23.1 Å². The Hall–Kier alpha value is -1.57. The van der Waals surface area contributed by atoms with Gasteiger partial charge in [0.05, 0.1) is 0 Å². The van der Waals surface area contributed by atoms with Gasteiger partial charge in [-0.05, 0) is 30.1 Å². The summed E-state index contributed by atoms with van der Waals surface area (Å²) in [6.07, 6.45) is 1.10. The molecule has 5 nitrogen and oxygen atoms in total. The fraction of sp³-hybridized carbons (Fsp3) is 0.800. The Morgan fingerprint density at radius 1 is 1.30 bits per heavy atom. The molecule has 10 atom stereocenters. The van der Waals surface area contributed by atoms with Crippen LogP contribution in [0.5, 0.6) is 0 Å². The zero-order chi connectivity index (χ0) is 13.6. The number of esters is 2. The third-order valence-corrected chi connectivity index (χ3v) is 7.55. The largest absolute Gasteiger partial charge is 0.447 e. The molecule has 0 unspecified atom stereocenters. The molecule has 7 aliphatic rings. The van der Waals surface area contributed by atoms with Gasteiger partial charge in [0.2, 0.25) is 11.2 Å². The maximum atomic E-state index is 12.6. The minimum atomic E-state index is -1.04. The van der Waals surface area contributed by atoms with Gasteiger partial charge in [-0.1, -0.05) is 0 Å². The third kappa shape index (κ3) is 0.590. The van der Waals surface area contributed by atoms with Crippen LogP contribution >= 0.6 is 0 Å². The van der Waals surface area contributed by atoms with E-state index in [1.807, 2.05) is 0 Å². The lowest BCUT2D eigenvalue weighted by molar-refractivity contribution is -0.275. The fourth-order valence-electron chi connectivity index (χ4n) is 7.80. The Morgan fingerprint density at radius 2 is 2.00 bits per heavy atom. The van der Waals surface area contributed by atoms with E-state index in [1.54, 1.807) is 0 Å². The first-order valence-corrected chi connectivity index (χ1v) is 7.42. The van der Waals surface area contributed by atoms with Gasteiger partial charge >= 0.3 is 11.9 Å². The monoisotopic (exact) mass is 271 g/mol. The number of fused-ring (bicyclic) bond motifs is 1. The van der Waals surface area contributed by atoms with Gasteiger partial charge < -0.3 is 9.47 Å².